The van der Waals surface area contributed by atoms with E-state index in [-0.39, 0.29) is 4.47 Å². The van der Waals surface area contributed by atoms with E-state index < -0.39 is 24.6 Å². The van der Waals surface area contributed by atoms with Crippen LogP contribution in [0.5, 0.6) is 0 Å². The summed E-state index contributed by atoms with van der Waals surface area (Å²) in [5, 5.41) is 0.310. The van der Waals surface area contributed by atoms with E-state index in [0.717, 1.165) is 6.07 Å². The summed E-state index contributed by atoms with van der Waals surface area (Å²) in [6.45, 7) is 0. The van der Waals surface area contributed by atoms with Crippen LogP contribution in [0.4, 0.5) is 13.2 Å². The number of benzene rings is 2. The standard InChI is InChI=1S/C15H12BrClF3O3PS/c16-12-6-9(4-5-11(12)15(19,20)24(21,22)23)7-25-8-10-13(17)2-1-3-14(10)18/h1-6H,7-8H2,(H2,21,22,23). The molecule has 0 unspecified atom stereocenters. The van der Waals surface area contributed by atoms with E-state index >= 15 is 0 Å². The Labute approximate surface area is 159 Å². The van der Waals surface area contributed by atoms with Gasteiger partial charge in [0.05, 0.1) is 0 Å². The Morgan fingerprint density at radius 2 is 1.88 bits per heavy atom. The summed E-state index contributed by atoms with van der Waals surface area (Å²) in [7, 11) is -5.63. The molecule has 3 nitrogen and oxygen atoms in total. The Hall–Kier alpha value is -0.500. The van der Waals surface area contributed by atoms with Crippen LogP contribution in [-0.4, -0.2) is 9.79 Å². The minimum Gasteiger partial charge on any atom is -0.320 e. The molecular weight excluding hydrogens is 464 g/mol. The summed E-state index contributed by atoms with van der Waals surface area (Å²) in [5.41, 5.74) is -4.07. The predicted molar refractivity (Wildman–Crippen MR) is 96.5 cm³/mol. The first-order chi connectivity index (χ1) is 11.5. The number of hydrogen-bond acceptors (Lipinski definition) is 2. The summed E-state index contributed by atoms with van der Waals surface area (Å²) < 4.78 is 52.0. The third-order valence-corrected chi connectivity index (χ3v) is 6.31. The molecule has 2 aromatic rings. The Morgan fingerprint density at radius 1 is 1.20 bits per heavy atom. The van der Waals surface area contributed by atoms with Crippen molar-refractivity contribution in [2.45, 2.75) is 17.2 Å². The normalized spacial score (nSPS) is 12.4. The average Bonchev–Trinajstić information content (AvgIpc) is 2.49. The average molecular weight is 476 g/mol. The van der Waals surface area contributed by atoms with Crippen molar-refractivity contribution in [2.24, 2.45) is 0 Å². The molecule has 0 aliphatic heterocycles. The van der Waals surface area contributed by atoms with Crippen molar-refractivity contribution in [3.63, 3.8) is 0 Å². The van der Waals surface area contributed by atoms with Crippen molar-refractivity contribution in [2.75, 3.05) is 0 Å². The largest absolute Gasteiger partial charge is 0.399 e. The quantitative estimate of drug-likeness (QED) is 0.511. The van der Waals surface area contributed by atoms with E-state index in [0.29, 0.717) is 27.7 Å². The first-order valence-corrected chi connectivity index (χ1v) is 10.7. The van der Waals surface area contributed by atoms with Crippen molar-refractivity contribution in [1.82, 2.24) is 0 Å². The number of rotatable bonds is 6. The Balaban J connectivity index is 2.10. The molecule has 0 amide bonds. The van der Waals surface area contributed by atoms with Gasteiger partial charge >= 0.3 is 13.3 Å². The molecule has 10 heteroatoms. The minimum atomic E-state index is -5.63. The highest BCUT2D eigenvalue weighted by Gasteiger charge is 2.51. The van der Waals surface area contributed by atoms with Crippen LogP contribution >= 0.6 is 46.9 Å². The fourth-order valence-electron chi connectivity index (χ4n) is 1.99. The smallest absolute Gasteiger partial charge is 0.320 e. The molecule has 0 fully saturated rings. The number of alkyl halides is 2. The highest BCUT2D eigenvalue weighted by atomic mass is 79.9. The Morgan fingerprint density at radius 3 is 2.44 bits per heavy atom. The van der Waals surface area contributed by atoms with E-state index in [1.807, 2.05) is 0 Å². The van der Waals surface area contributed by atoms with Crippen molar-refractivity contribution < 1.29 is 27.5 Å². The maximum Gasteiger partial charge on any atom is 0.399 e. The molecule has 0 saturated carbocycles. The second-order valence-corrected chi connectivity index (χ2v) is 8.99. The van der Waals surface area contributed by atoms with Crippen LogP contribution in [0.15, 0.2) is 40.9 Å². The van der Waals surface area contributed by atoms with Crippen molar-refractivity contribution >= 4 is 46.9 Å². The molecule has 25 heavy (non-hydrogen) atoms. The molecule has 0 bridgehead atoms. The molecule has 0 aromatic heterocycles. The Bertz CT molecular complexity index is 811. The van der Waals surface area contributed by atoms with Gasteiger partial charge in [0.25, 0.3) is 0 Å². The maximum atomic E-state index is 13.8. The topological polar surface area (TPSA) is 57.5 Å². The molecule has 0 radical (unpaired) electrons. The molecule has 2 N–H and O–H groups in total. The molecule has 0 saturated heterocycles. The summed E-state index contributed by atoms with van der Waals surface area (Å²) in [6.07, 6.45) is 0. The second kappa shape index (κ2) is 8.03. The highest BCUT2D eigenvalue weighted by Crippen LogP contribution is 2.60. The van der Waals surface area contributed by atoms with Crippen LogP contribution in [0.1, 0.15) is 16.7 Å². The molecule has 2 rings (SSSR count). The molecule has 0 heterocycles. The summed E-state index contributed by atoms with van der Waals surface area (Å²) in [5.74, 6) is 0.256. The van der Waals surface area contributed by atoms with Crippen LogP contribution in [0.25, 0.3) is 0 Å². The van der Waals surface area contributed by atoms with Gasteiger partial charge in [-0.1, -0.05) is 45.7 Å². The maximum absolute atomic E-state index is 13.8. The summed E-state index contributed by atoms with van der Waals surface area (Å²) in [6, 6.07) is 8.06. The second-order valence-electron chi connectivity index (χ2n) is 5.09. The number of halogens is 5. The van der Waals surface area contributed by atoms with Crippen molar-refractivity contribution in [3.05, 3.63) is 68.4 Å². The number of thioether (sulfide) groups is 1. The summed E-state index contributed by atoms with van der Waals surface area (Å²) >= 11 is 10.2. The lowest BCUT2D eigenvalue weighted by molar-refractivity contribution is 0.0557. The third kappa shape index (κ3) is 4.81. The van der Waals surface area contributed by atoms with Gasteiger partial charge in [0.2, 0.25) is 0 Å². The van der Waals surface area contributed by atoms with E-state index in [2.05, 4.69) is 15.9 Å². The molecule has 136 valence electrons. The SMILES string of the molecule is O=P(O)(O)C(F)(F)c1ccc(CSCc2c(F)cccc2Cl)cc1Br. The van der Waals surface area contributed by atoms with Gasteiger partial charge in [-0.15, -0.1) is 0 Å². The predicted octanol–water partition coefficient (Wildman–Crippen LogP) is 5.90. The summed E-state index contributed by atoms with van der Waals surface area (Å²) in [4.78, 5) is 17.6. The fraction of sp³-hybridized carbons (Fsp3) is 0.200. The fourth-order valence-corrected chi connectivity index (χ4v) is 4.65. The van der Waals surface area contributed by atoms with Crippen LogP contribution in [0, 0.1) is 5.82 Å². The van der Waals surface area contributed by atoms with E-state index in [4.69, 9.17) is 21.4 Å². The molecular formula is C15H12BrClF3O3PS. The van der Waals surface area contributed by atoms with Gasteiger partial charge in [0, 0.05) is 32.1 Å². The van der Waals surface area contributed by atoms with Gasteiger partial charge in [-0.2, -0.15) is 20.5 Å². The van der Waals surface area contributed by atoms with E-state index in [1.54, 1.807) is 6.07 Å². The van der Waals surface area contributed by atoms with Crippen LogP contribution in [0.2, 0.25) is 5.02 Å². The Kier molecular flexibility index (Phi) is 6.68. The van der Waals surface area contributed by atoms with Crippen molar-refractivity contribution in [1.29, 1.82) is 0 Å². The van der Waals surface area contributed by atoms with Gasteiger partial charge in [0.15, 0.2) is 0 Å². The van der Waals surface area contributed by atoms with Crippen LogP contribution in [0.3, 0.4) is 0 Å². The zero-order valence-electron chi connectivity index (χ0n) is 12.4. The van der Waals surface area contributed by atoms with Gasteiger partial charge in [-0.25, -0.2) is 4.39 Å². The lowest BCUT2D eigenvalue weighted by Gasteiger charge is -2.19. The first-order valence-electron chi connectivity index (χ1n) is 6.77. The highest BCUT2D eigenvalue weighted by molar-refractivity contribution is 9.10. The third-order valence-electron chi connectivity index (χ3n) is 3.30. The van der Waals surface area contributed by atoms with Gasteiger partial charge in [-0.05, 0) is 23.8 Å². The lowest BCUT2D eigenvalue weighted by Crippen LogP contribution is -2.14. The van der Waals surface area contributed by atoms with Crippen LogP contribution < -0.4 is 0 Å². The molecule has 0 aliphatic carbocycles. The molecule has 2 aromatic carbocycles. The molecule has 0 aliphatic rings. The lowest BCUT2D eigenvalue weighted by atomic mass is 10.1. The van der Waals surface area contributed by atoms with Crippen molar-refractivity contribution in [3.8, 4) is 0 Å². The molecule has 0 atom stereocenters. The zero-order chi connectivity index (χ0) is 18.8. The van der Waals surface area contributed by atoms with E-state index in [1.165, 1.54) is 36.0 Å². The number of hydrogen-bond donors (Lipinski definition) is 2. The molecule has 0 spiro atoms. The minimum absolute atomic E-state index is 0.108. The van der Waals surface area contributed by atoms with Crippen LogP contribution in [-0.2, 0) is 21.7 Å². The first kappa shape index (κ1) is 20.8. The van der Waals surface area contributed by atoms with E-state index in [9.17, 15) is 17.7 Å². The van der Waals surface area contributed by atoms with Gasteiger partial charge in [0.1, 0.15) is 5.82 Å². The van der Waals surface area contributed by atoms with Gasteiger partial charge < -0.3 is 9.79 Å². The zero-order valence-corrected chi connectivity index (χ0v) is 16.5. The monoisotopic (exact) mass is 474 g/mol. The van der Waals surface area contributed by atoms with Gasteiger partial charge in [-0.3, -0.25) is 4.57 Å².